The summed E-state index contributed by atoms with van der Waals surface area (Å²) in [4.78, 5) is 35.8. The first-order valence-electron chi connectivity index (χ1n) is 19.4. The van der Waals surface area contributed by atoms with E-state index in [1.54, 1.807) is 7.11 Å². The van der Waals surface area contributed by atoms with Gasteiger partial charge in [-0.1, -0.05) is 6.07 Å². The molecule has 2 saturated heterocycles. The second kappa shape index (κ2) is 13.1. The minimum Gasteiger partial charge on any atom is -0.504 e. The number of aryl methyl sites for hydroxylation is 1. The monoisotopic (exact) mass is 814 g/mol. The van der Waals surface area contributed by atoms with E-state index in [1.165, 1.54) is 25.8 Å². The van der Waals surface area contributed by atoms with Gasteiger partial charge >= 0.3 is 11.9 Å². The quantitative estimate of drug-likeness (QED) is 0.149. The van der Waals surface area contributed by atoms with E-state index in [4.69, 9.17) is 28.4 Å². The number of nitrogens with zero attached hydrogens (tertiary/aromatic N) is 2. The Morgan fingerprint density at radius 1 is 1.07 bits per heavy atom. The molecule has 1 aromatic heterocycles. The van der Waals surface area contributed by atoms with Gasteiger partial charge in [0.05, 0.1) is 43.9 Å². The van der Waals surface area contributed by atoms with Gasteiger partial charge in [0, 0.05) is 70.9 Å². The number of aromatic hydroxyl groups is 1. The Bertz CT molecular complexity index is 2440. The van der Waals surface area contributed by atoms with E-state index < -0.39 is 52.6 Å². The summed E-state index contributed by atoms with van der Waals surface area (Å²) in [6.07, 6.45) is 0.601. The molecule has 9 heterocycles. The number of carbonyl (C=O) groups excluding carboxylic acids is 2. The van der Waals surface area contributed by atoms with Gasteiger partial charge < -0.3 is 48.7 Å². The Kier molecular flexibility index (Phi) is 8.51. The standard InChI is InChI=1S/C42H46N4O11S/c1-18-9-21-12-41(51)15-45(4)31(28(21)33(49)34(18)53-6)32-38-30-29(37-36(55-17-56-37)19(2)35(30)57-20(3)48)27(46(32)41)14-54-40(50)42(16-58-38)39-25(10-22(13-47)44-42)24-11-23(52-5)7-8-26(24)43-39/h7-9,11,22,27,31-32,38,43-44,47,49,51H,10,12-17H2,1-6H3/t22-,27?,31?,32+,38+,41?,42+/m0/s1. The van der Waals surface area contributed by atoms with E-state index in [0.29, 0.717) is 63.1 Å². The second-order valence-corrected chi connectivity index (χ2v) is 17.5. The van der Waals surface area contributed by atoms with Crippen LogP contribution in [0.5, 0.6) is 34.5 Å². The smallest absolute Gasteiger partial charge is 0.333 e. The average molecular weight is 815 g/mol. The number of carbonyl (C=O) groups is 2. The second-order valence-electron chi connectivity index (χ2n) is 16.4. The third-order valence-electron chi connectivity index (χ3n) is 13.1. The number of phenols is 1. The zero-order chi connectivity index (χ0) is 40.6. The van der Waals surface area contributed by atoms with Gasteiger partial charge in [-0.05, 0) is 62.2 Å². The highest BCUT2D eigenvalue weighted by Gasteiger charge is 2.64. The van der Waals surface area contributed by atoms with Crippen molar-refractivity contribution in [2.24, 2.45) is 0 Å². The highest BCUT2D eigenvalue weighted by atomic mass is 32.2. The number of piperazine rings is 1. The molecule has 0 saturated carbocycles. The molecule has 306 valence electrons. The number of rotatable bonds is 4. The molecule has 8 aliphatic rings. The number of aromatic amines is 1. The summed E-state index contributed by atoms with van der Waals surface area (Å²) < 4.78 is 36.3. The molecule has 4 unspecified atom stereocenters. The van der Waals surface area contributed by atoms with Crippen LogP contribution in [0, 0.1) is 13.8 Å². The molecule has 3 aromatic carbocycles. The third-order valence-corrected chi connectivity index (χ3v) is 14.6. The number of nitrogens with one attached hydrogen (secondary N) is 2. The van der Waals surface area contributed by atoms with Crippen molar-refractivity contribution in [3.63, 3.8) is 0 Å². The van der Waals surface area contributed by atoms with Crippen molar-refractivity contribution in [1.29, 1.82) is 0 Å². The van der Waals surface area contributed by atoms with Gasteiger partial charge in [-0.15, -0.1) is 11.8 Å². The van der Waals surface area contributed by atoms with E-state index in [1.807, 2.05) is 50.1 Å². The minimum absolute atomic E-state index is 0.00139. The number of fused-ring (bicyclic) bond motifs is 8. The van der Waals surface area contributed by atoms with Gasteiger partial charge in [0.15, 0.2) is 28.5 Å². The maximum absolute atomic E-state index is 15.1. The fourth-order valence-corrected chi connectivity index (χ4v) is 12.6. The Morgan fingerprint density at radius 3 is 2.60 bits per heavy atom. The number of esters is 2. The van der Waals surface area contributed by atoms with Crippen LogP contribution in [0.15, 0.2) is 24.3 Å². The van der Waals surface area contributed by atoms with E-state index in [9.17, 15) is 20.1 Å². The maximum atomic E-state index is 15.1. The molecular formula is C42H46N4O11S. The summed E-state index contributed by atoms with van der Waals surface area (Å²) in [5.41, 5.74) is 3.31. The Labute approximate surface area is 338 Å². The van der Waals surface area contributed by atoms with Gasteiger partial charge in [0.2, 0.25) is 6.79 Å². The molecular weight excluding hydrogens is 769 g/mol. The zero-order valence-corrected chi connectivity index (χ0v) is 33.9. The van der Waals surface area contributed by atoms with Crippen LogP contribution in [0.3, 0.4) is 0 Å². The van der Waals surface area contributed by atoms with Crippen LogP contribution in [-0.2, 0) is 32.7 Å². The Balaban J connectivity index is 1.25. The minimum atomic E-state index is -1.54. The number of aromatic nitrogens is 1. The number of hydrogen-bond donors (Lipinski definition) is 5. The summed E-state index contributed by atoms with van der Waals surface area (Å²) in [7, 11) is 5.07. The number of likely N-dealkylation sites (N-methyl/N-ethyl adjacent to an activating group) is 1. The first-order valence-corrected chi connectivity index (χ1v) is 20.5. The van der Waals surface area contributed by atoms with E-state index in [0.717, 1.165) is 27.6 Å². The van der Waals surface area contributed by atoms with Crippen molar-refractivity contribution < 1.29 is 53.3 Å². The predicted octanol–water partition coefficient (Wildman–Crippen LogP) is 3.55. The van der Waals surface area contributed by atoms with Crippen molar-refractivity contribution in [1.82, 2.24) is 20.1 Å². The van der Waals surface area contributed by atoms with Crippen LogP contribution in [0.2, 0.25) is 0 Å². The van der Waals surface area contributed by atoms with E-state index in [-0.39, 0.29) is 44.5 Å². The molecule has 15 nitrogen and oxygen atoms in total. The van der Waals surface area contributed by atoms with Crippen LogP contribution >= 0.6 is 11.8 Å². The maximum Gasteiger partial charge on any atom is 0.333 e. The molecule has 16 heteroatoms. The fourth-order valence-electron chi connectivity index (χ4n) is 11.0. The van der Waals surface area contributed by atoms with E-state index in [2.05, 4.69) is 15.2 Å². The number of thioether (sulfide) groups is 1. The van der Waals surface area contributed by atoms with Gasteiger partial charge in [-0.2, -0.15) is 0 Å². The lowest BCUT2D eigenvalue weighted by Gasteiger charge is -2.60. The SMILES string of the molecule is COc1ccc2[nH]c3c(c2c1)C[C@@H](CO)N[C@]31CS[C@@H]2c3c(OC(C)=O)c(C)c4c(c3C(COC1=O)N1[C@@H]2C2c3c(cc(C)c(OC)c3O)CC1(O)CN2C)OCO4. The van der Waals surface area contributed by atoms with Crippen molar-refractivity contribution >= 4 is 34.6 Å². The lowest BCUT2D eigenvalue weighted by Crippen LogP contribution is -2.70. The van der Waals surface area contributed by atoms with Crippen molar-refractivity contribution in [3.05, 3.63) is 68.9 Å². The summed E-state index contributed by atoms with van der Waals surface area (Å²) in [6, 6.07) is 5.22. The molecule has 5 N–H and O–H groups in total. The molecule has 0 radical (unpaired) electrons. The average Bonchev–Trinajstić information content (AvgIpc) is 3.78. The Morgan fingerprint density at radius 2 is 1.86 bits per heavy atom. The van der Waals surface area contributed by atoms with Gasteiger partial charge in [-0.3, -0.25) is 19.9 Å². The number of aliphatic hydroxyl groups excluding tert-OH is 1. The summed E-state index contributed by atoms with van der Waals surface area (Å²) in [6.45, 7) is 4.72. The topological polar surface area (TPSA) is 185 Å². The number of ether oxygens (including phenoxy) is 6. The van der Waals surface area contributed by atoms with Gasteiger partial charge in [0.25, 0.3) is 0 Å². The molecule has 58 heavy (non-hydrogen) atoms. The lowest BCUT2D eigenvalue weighted by molar-refractivity contribution is -0.215. The van der Waals surface area contributed by atoms with Crippen LogP contribution in [0.4, 0.5) is 0 Å². The number of phenolic OH excluding ortho intramolecular Hbond substituents is 1. The third kappa shape index (κ3) is 5.05. The highest BCUT2D eigenvalue weighted by Crippen LogP contribution is 2.65. The number of methoxy groups -OCH3 is 2. The van der Waals surface area contributed by atoms with Crippen molar-refractivity contribution in [2.75, 3.05) is 53.6 Å². The molecule has 4 bridgehead atoms. The normalized spacial score (nSPS) is 30.6. The van der Waals surface area contributed by atoms with Crippen LogP contribution < -0.4 is 29.0 Å². The van der Waals surface area contributed by atoms with Crippen LogP contribution in [-0.4, -0.2) is 113 Å². The molecule has 0 amide bonds. The summed E-state index contributed by atoms with van der Waals surface area (Å²) in [5.74, 6) is 1.22. The van der Waals surface area contributed by atoms with Crippen molar-refractivity contribution in [2.45, 2.75) is 74.3 Å². The van der Waals surface area contributed by atoms with Gasteiger partial charge in [0.1, 0.15) is 23.8 Å². The fraction of sp³-hybridized carbons (Fsp3) is 0.476. The predicted molar refractivity (Wildman–Crippen MR) is 211 cm³/mol. The molecule has 8 aliphatic heterocycles. The zero-order valence-electron chi connectivity index (χ0n) is 33.1. The molecule has 12 rings (SSSR count). The van der Waals surface area contributed by atoms with Crippen LogP contribution in [0.1, 0.15) is 68.9 Å². The molecule has 2 fully saturated rings. The number of benzene rings is 3. The highest BCUT2D eigenvalue weighted by molar-refractivity contribution is 7.99. The van der Waals surface area contributed by atoms with Crippen LogP contribution in [0.25, 0.3) is 10.9 Å². The molecule has 8 atom stereocenters. The van der Waals surface area contributed by atoms with E-state index >= 15 is 4.79 Å². The lowest BCUT2D eigenvalue weighted by atomic mass is 9.78. The number of hydrogen-bond acceptors (Lipinski definition) is 15. The Hall–Kier alpha value is -4.71. The van der Waals surface area contributed by atoms with Gasteiger partial charge in [-0.25, -0.2) is 4.79 Å². The largest absolute Gasteiger partial charge is 0.504 e. The number of aliphatic hydroxyl groups is 2. The summed E-state index contributed by atoms with van der Waals surface area (Å²) >= 11 is 1.46. The first-order chi connectivity index (χ1) is 27.8. The molecule has 4 aromatic rings. The number of H-pyrrole nitrogens is 1. The molecule has 1 spiro atoms. The van der Waals surface area contributed by atoms with Crippen molar-refractivity contribution in [3.8, 4) is 34.5 Å². The first kappa shape index (κ1) is 37.6. The molecule has 0 aliphatic carbocycles. The summed E-state index contributed by atoms with van der Waals surface area (Å²) in [5, 5.41) is 39.8.